The SMILES string of the molecule is COC(=O)[C@]1(Cc2ccccc2)C(=O)NC[C@H]1O. The average Bonchev–Trinajstić information content (AvgIpc) is 2.68. The smallest absolute Gasteiger partial charge is 0.324 e. The molecule has 18 heavy (non-hydrogen) atoms. The molecule has 0 aromatic heterocycles. The van der Waals surface area contributed by atoms with Gasteiger partial charge in [0.05, 0.1) is 13.2 Å². The first-order chi connectivity index (χ1) is 8.61. The van der Waals surface area contributed by atoms with Crippen molar-refractivity contribution in [3.63, 3.8) is 0 Å². The minimum atomic E-state index is -1.53. The van der Waals surface area contributed by atoms with Crippen LogP contribution in [0.4, 0.5) is 0 Å². The molecular weight excluding hydrogens is 234 g/mol. The quantitative estimate of drug-likeness (QED) is 0.578. The second kappa shape index (κ2) is 4.78. The first kappa shape index (κ1) is 12.6. The van der Waals surface area contributed by atoms with Crippen molar-refractivity contribution in [1.29, 1.82) is 0 Å². The fourth-order valence-electron chi connectivity index (χ4n) is 2.27. The summed E-state index contributed by atoms with van der Waals surface area (Å²) < 4.78 is 4.69. The molecule has 5 heteroatoms. The van der Waals surface area contributed by atoms with Crippen LogP contribution in [0.1, 0.15) is 5.56 Å². The summed E-state index contributed by atoms with van der Waals surface area (Å²) in [5.41, 5.74) is -0.727. The fraction of sp³-hybridized carbons (Fsp3) is 0.385. The average molecular weight is 249 g/mol. The van der Waals surface area contributed by atoms with Crippen LogP contribution in [0.25, 0.3) is 0 Å². The molecule has 1 aromatic carbocycles. The predicted molar refractivity (Wildman–Crippen MR) is 63.6 cm³/mol. The van der Waals surface area contributed by atoms with Gasteiger partial charge in [0.2, 0.25) is 5.91 Å². The Kier molecular flexibility index (Phi) is 3.34. The van der Waals surface area contributed by atoms with Crippen LogP contribution in [0.15, 0.2) is 30.3 Å². The molecule has 1 fully saturated rings. The molecule has 1 amide bonds. The molecular formula is C13H15NO4. The summed E-state index contributed by atoms with van der Waals surface area (Å²) in [4.78, 5) is 23.9. The largest absolute Gasteiger partial charge is 0.468 e. The van der Waals surface area contributed by atoms with E-state index in [9.17, 15) is 14.7 Å². The Morgan fingerprint density at radius 1 is 1.50 bits per heavy atom. The monoisotopic (exact) mass is 249 g/mol. The lowest BCUT2D eigenvalue weighted by atomic mass is 9.78. The third-order valence-electron chi connectivity index (χ3n) is 3.31. The van der Waals surface area contributed by atoms with E-state index in [1.54, 1.807) is 0 Å². The minimum absolute atomic E-state index is 0.0702. The first-order valence-corrected chi connectivity index (χ1v) is 5.70. The van der Waals surface area contributed by atoms with Crippen molar-refractivity contribution in [3.05, 3.63) is 35.9 Å². The van der Waals surface area contributed by atoms with Gasteiger partial charge in [0.1, 0.15) is 0 Å². The number of carbonyl (C=O) groups is 2. The van der Waals surface area contributed by atoms with Crippen molar-refractivity contribution >= 4 is 11.9 Å². The molecule has 0 spiro atoms. The van der Waals surface area contributed by atoms with Gasteiger partial charge in [-0.2, -0.15) is 0 Å². The van der Waals surface area contributed by atoms with Gasteiger partial charge in [-0.15, -0.1) is 0 Å². The van der Waals surface area contributed by atoms with Gasteiger partial charge in [-0.1, -0.05) is 30.3 Å². The molecule has 0 saturated carbocycles. The Morgan fingerprint density at radius 2 is 2.17 bits per heavy atom. The summed E-state index contributed by atoms with van der Waals surface area (Å²) in [5.74, 6) is -1.18. The molecule has 1 aromatic rings. The number of hydrogen-bond acceptors (Lipinski definition) is 4. The van der Waals surface area contributed by atoms with Crippen LogP contribution >= 0.6 is 0 Å². The normalized spacial score (nSPS) is 26.8. The van der Waals surface area contributed by atoms with Gasteiger partial charge < -0.3 is 15.2 Å². The molecule has 1 aliphatic rings. The van der Waals surface area contributed by atoms with Crippen molar-refractivity contribution < 1.29 is 19.4 Å². The molecule has 0 aliphatic carbocycles. The van der Waals surface area contributed by atoms with E-state index in [1.807, 2.05) is 30.3 Å². The number of hydrogen-bond donors (Lipinski definition) is 2. The maximum atomic E-state index is 11.9. The molecule has 2 rings (SSSR count). The van der Waals surface area contributed by atoms with Crippen molar-refractivity contribution in [1.82, 2.24) is 5.32 Å². The summed E-state index contributed by atoms with van der Waals surface area (Å²) >= 11 is 0. The van der Waals surface area contributed by atoms with Crippen LogP contribution < -0.4 is 5.32 Å². The highest BCUT2D eigenvalue weighted by atomic mass is 16.5. The summed E-state index contributed by atoms with van der Waals surface area (Å²) in [5, 5.41) is 12.5. The van der Waals surface area contributed by atoms with E-state index >= 15 is 0 Å². The number of aliphatic hydroxyl groups excluding tert-OH is 1. The molecule has 0 bridgehead atoms. The van der Waals surface area contributed by atoms with Gasteiger partial charge in [-0.25, -0.2) is 0 Å². The third kappa shape index (κ3) is 1.86. The van der Waals surface area contributed by atoms with Gasteiger partial charge in [-0.05, 0) is 5.56 Å². The second-order valence-corrected chi connectivity index (χ2v) is 4.35. The van der Waals surface area contributed by atoms with Crippen molar-refractivity contribution in [3.8, 4) is 0 Å². The van der Waals surface area contributed by atoms with E-state index in [0.717, 1.165) is 5.56 Å². The van der Waals surface area contributed by atoms with Crippen LogP contribution in [0.5, 0.6) is 0 Å². The van der Waals surface area contributed by atoms with Crippen LogP contribution in [0.3, 0.4) is 0 Å². The van der Waals surface area contributed by atoms with E-state index in [4.69, 9.17) is 4.74 Å². The Labute approximate surface area is 105 Å². The first-order valence-electron chi connectivity index (χ1n) is 5.70. The fourth-order valence-corrected chi connectivity index (χ4v) is 2.27. The van der Waals surface area contributed by atoms with Crippen LogP contribution in [0, 0.1) is 5.41 Å². The van der Waals surface area contributed by atoms with Crippen molar-refractivity contribution in [2.45, 2.75) is 12.5 Å². The topological polar surface area (TPSA) is 75.6 Å². The van der Waals surface area contributed by atoms with E-state index in [2.05, 4.69) is 5.32 Å². The molecule has 96 valence electrons. The number of nitrogens with one attached hydrogen (secondary N) is 1. The van der Waals surface area contributed by atoms with E-state index < -0.39 is 23.4 Å². The lowest BCUT2D eigenvalue weighted by Gasteiger charge is -2.26. The summed E-state index contributed by atoms with van der Waals surface area (Å²) in [7, 11) is 1.22. The number of benzene rings is 1. The minimum Gasteiger partial charge on any atom is -0.468 e. The number of ether oxygens (including phenoxy) is 1. The van der Waals surface area contributed by atoms with Gasteiger partial charge in [0, 0.05) is 13.0 Å². The van der Waals surface area contributed by atoms with Crippen LogP contribution in [-0.4, -0.2) is 36.7 Å². The van der Waals surface area contributed by atoms with E-state index in [-0.39, 0.29) is 13.0 Å². The summed E-state index contributed by atoms with van der Waals surface area (Å²) in [6.07, 6.45) is -0.939. The Morgan fingerprint density at radius 3 is 2.67 bits per heavy atom. The van der Waals surface area contributed by atoms with Crippen molar-refractivity contribution in [2.75, 3.05) is 13.7 Å². The summed E-state index contributed by atoms with van der Waals surface area (Å²) in [6, 6.07) is 9.10. The zero-order chi connectivity index (χ0) is 13.2. The van der Waals surface area contributed by atoms with E-state index in [1.165, 1.54) is 7.11 Å². The lowest BCUT2D eigenvalue weighted by molar-refractivity contribution is -0.162. The molecule has 2 atom stereocenters. The second-order valence-electron chi connectivity index (χ2n) is 4.35. The highest BCUT2D eigenvalue weighted by Crippen LogP contribution is 2.33. The summed E-state index contributed by atoms with van der Waals surface area (Å²) in [6.45, 7) is 0.0702. The van der Waals surface area contributed by atoms with Crippen molar-refractivity contribution in [2.24, 2.45) is 5.41 Å². The molecule has 2 N–H and O–H groups in total. The van der Waals surface area contributed by atoms with Gasteiger partial charge in [0.25, 0.3) is 0 Å². The lowest BCUT2D eigenvalue weighted by Crippen LogP contribution is -2.48. The third-order valence-corrected chi connectivity index (χ3v) is 3.31. The molecule has 0 radical (unpaired) electrons. The molecule has 0 unspecified atom stereocenters. The highest BCUT2D eigenvalue weighted by Gasteiger charge is 2.56. The van der Waals surface area contributed by atoms with Crippen LogP contribution in [0.2, 0.25) is 0 Å². The predicted octanol–water partition coefficient (Wildman–Crippen LogP) is -0.121. The maximum Gasteiger partial charge on any atom is 0.324 e. The Hall–Kier alpha value is -1.88. The number of carbonyl (C=O) groups excluding carboxylic acids is 2. The highest BCUT2D eigenvalue weighted by molar-refractivity contribution is 6.05. The number of aliphatic hydroxyl groups is 1. The number of esters is 1. The Balaban J connectivity index is 2.37. The molecule has 5 nitrogen and oxygen atoms in total. The zero-order valence-electron chi connectivity index (χ0n) is 10.1. The number of amides is 1. The number of rotatable bonds is 3. The zero-order valence-corrected chi connectivity index (χ0v) is 10.1. The van der Waals surface area contributed by atoms with Gasteiger partial charge >= 0.3 is 5.97 Å². The Bertz CT molecular complexity index is 459. The van der Waals surface area contributed by atoms with Gasteiger partial charge in [0.15, 0.2) is 5.41 Å². The van der Waals surface area contributed by atoms with Crippen LogP contribution in [-0.2, 0) is 20.7 Å². The van der Waals surface area contributed by atoms with Gasteiger partial charge in [-0.3, -0.25) is 9.59 Å². The number of methoxy groups -OCH3 is 1. The molecule has 1 aliphatic heterocycles. The maximum absolute atomic E-state index is 11.9. The standard InChI is InChI=1S/C13H15NO4/c1-18-12(17)13(10(15)8-14-11(13)16)7-9-5-3-2-4-6-9/h2-6,10,15H,7-8H2,1H3,(H,14,16)/t10-,13+/m1/s1. The number of β-amino-alcohol motifs (C(OH)–C–C–N with tert-alkyl or cyclic N) is 1. The molecule has 1 heterocycles. The molecule has 1 saturated heterocycles. The van der Waals surface area contributed by atoms with E-state index in [0.29, 0.717) is 0 Å².